The molecule has 3 heterocycles. The van der Waals surface area contributed by atoms with Crippen LogP contribution in [0.4, 0.5) is 0 Å². The van der Waals surface area contributed by atoms with E-state index in [0.29, 0.717) is 25.4 Å². The van der Waals surface area contributed by atoms with E-state index in [4.69, 9.17) is 4.74 Å². The van der Waals surface area contributed by atoms with Gasteiger partial charge >= 0.3 is 0 Å². The van der Waals surface area contributed by atoms with Gasteiger partial charge in [-0.15, -0.1) is 0 Å². The number of nitrogens with zero attached hydrogens (tertiary/aromatic N) is 4. The second-order valence-electron chi connectivity index (χ2n) is 10.8. The van der Waals surface area contributed by atoms with Gasteiger partial charge in [0, 0.05) is 61.5 Å². The van der Waals surface area contributed by atoms with Gasteiger partial charge < -0.3 is 19.3 Å². The van der Waals surface area contributed by atoms with Crippen LogP contribution in [0.25, 0.3) is 22.0 Å². The first-order chi connectivity index (χ1) is 18.9. The van der Waals surface area contributed by atoms with Crippen LogP contribution < -0.4 is 0 Å². The SMILES string of the molecule is C[C@@H]1CN([C@@H](C)CO)C(=O)c2c(c3ccccc3n2C)-c2ccccc2CO[C@@H]1CN(C)Cc1cccnc1. The Morgan fingerprint density at radius 3 is 2.67 bits per heavy atom. The first kappa shape index (κ1) is 27.1. The zero-order valence-electron chi connectivity index (χ0n) is 23.2. The predicted octanol–water partition coefficient (Wildman–Crippen LogP) is 4.73. The normalized spacial score (nSPS) is 19.0. The Labute approximate surface area is 230 Å². The monoisotopic (exact) mass is 526 g/mol. The predicted molar refractivity (Wildman–Crippen MR) is 154 cm³/mol. The summed E-state index contributed by atoms with van der Waals surface area (Å²) in [6.07, 6.45) is 3.55. The number of benzene rings is 2. The number of amides is 1. The summed E-state index contributed by atoms with van der Waals surface area (Å²) >= 11 is 0. The first-order valence-electron chi connectivity index (χ1n) is 13.7. The lowest BCUT2D eigenvalue weighted by Gasteiger charge is -2.35. The van der Waals surface area contributed by atoms with Crippen molar-refractivity contribution in [2.45, 2.75) is 39.1 Å². The van der Waals surface area contributed by atoms with Crippen LogP contribution in [0.3, 0.4) is 0 Å². The highest BCUT2D eigenvalue weighted by Gasteiger charge is 2.33. The lowest BCUT2D eigenvalue weighted by molar-refractivity contribution is -0.0242. The summed E-state index contributed by atoms with van der Waals surface area (Å²) < 4.78 is 8.69. The van der Waals surface area contributed by atoms with E-state index in [1.807, 2.05) is 60.0 Å². The molecule has 1 aliphatic heterocycles. The Morgan fingerprint density at radius 2 is 1.90 bits per heavy atom. The van der Waals surface area contributed by atoms with Gasteiger partial charge in [-0.25, -0.2) is 0 Å². The fourth-order valence-corrected chi connectivity index (χ4v) is 5.70. The fourth-order valence-electron chi connectivity index (χ4n) is 5.70. The van der Waals surface area contributed by atoms with Crippen LogP contribution in [0.2, 0.25) is 0 Å². The number of aromatic nitrogens is 2. The van der Waals surface area contributed by atoms with Gasteiger partial charge in [0.25, 0.3) is 5.91 Å². The number of hydrogen-bond donors (Lipinski definition) is 1. The molecule has 7 heteroatoms. The third-order valence-electron chi connectivity index (χ3n) is 7.89. The third kappa shape index (κ3) is 5.48. The number of para-hydroxylation sites is 1. The lowest BCUT2D eigenvalue weighted by atomic mass is 9.96. The molecule has 0 unspecified atom stereocenters. The lowest BCUT2D eigenvalue weighted by Crippen LogP contribution is -2.47. The molecular formula is C32H38N4O3. The molecule has 3 atom stereocenters. The number of fused-ring (bicyclic) bond motifs is 5. The van der Waals surface area contributed by atoms with Crippen molar-refractivity contribution >= 4 is 16.8 Å². The summed E-state index contributed by atoms with van der Waals surface area (Å²) in [6, 6.07) is 20.1. The molecule has 2 aromatic carbocycles. The van der Waals surface area contributed by atoms with Crippen LogP contribution in [0, 0.1) is 5.92 Å². The largest absolute Gasteiger partial charge is 0.394 e. The molecule has 1 amide bonds. The van der Waals surface area contributed by atoms with Gasteiger partial charge in [0.15, 0.2) is 0 Å². The minimum atomic E-state index is -0.337. The van der Waals surface area contributed by atoms with E-state index in [1.54, 1.807) is 6.20 Å². The maximum Gasteiger partial charge on any atom is 0.271 e. The molecule has 4 aromatic rings. The summed E-state index contributed by atoms with van der Waals surface area (Å²) in [5, 5.41) is 11.2. The summed E-state index contributed by atoms with van der Waals surface area (Å²) in [6.45, 7) is 6.31. The van der Waals surface area contributed by atoms with Crippen molar-refractivity contribution in [3.63, 3.8) is 0 Å². The second-order valence-corrected chi connectivity index (χ2v) is 10.8. The van der Waals surface area contributed by atoms with Crippen molar-refractivity contribution in [3.05, 3.63) is 89.9 Å². The molecule has 1 aliphatic rings. The van der Waals surface area contributed by atoms with Crippen molar-refractivity contribution < 1.29 is 14.6 Å². The van der Waals surface area contributed by atoms with Crippen LogP contribution in [0.5, 0.6) is 0 Å². The summed E-state index contributed by atoms with van der Waals surface area (Å²) in [5.41, 5.74) is 5.77. The number of carbonyl (C=O) groups excluding carboxylic acids is 1. The van der Waals surface area contributed by atoms with E-state index < -0.39 is 0 Å². The van der Waals surface area contributed by atoms with Crippen LogP contribution in [0.1, 0.15) is 35.5 Å². The molecule has 0 radical (unpaired) electrons. The van der Waals surface area contributed by atoms with Gasteiger partial charge in [0.05, 0.1) is 25.4 Å². The van der Waals surface area contributed by atoms with Gasteiger partial charge in [0.1, 0.15) is 5.69 Å². The number of aliphatic hydroxyl groups excluding tert-OH is 1. The summed E-state index contributed by atoms with van der Waals surface area (Å²) in [7, 11) is 4.04. The average Bonchev–Trinajstić information content (AvgIpc) is 3.24. The van der Waals surface area contributed by atoms with Crippen LogP contribution >= 0.6 is 0 Å². The van der Waals surface area contributed by atoms with Gasteiger partial charge in [-0.3, -0.25) is 14.7 Å². The molecule has 0 aliphatic carbocycles. The number of rotatable bonds is 6. The molecule has 5 rings (SSSR count). The van der Waals surface area contributed by atoms with E-state index in [-0.39, 0.29) is 30.6 Å². The molecule has 7 nitrogen and oxygen atoms in total. The highest BCUT2D eigenvalue weighted by molar-refractivity contribution is 6.10. The van der Waals surface area contributed by atoms with E-state index in [0.717, 1.165) is 39.7 Å². The average molecular weight is 527 g/mol. The van der Waals surface area contributed by atoms with E-state index in [2.05, 4.69) is 54.2 Å². The smallest absolute Gasteiger partial charge is 0.271 e. The standard InChI is InChI=1S/C32H38N4O3/c1-22-17-36(23(2)20-37)32(38)31-30(27-13-7-8-14-28(27)35(31)4)26-12-6-5-11-25(26)21-39-29(22)19-34(3)18-24-10-9-15-33-16-24/h5-16,22-23,29,37H,17-21H2,1-4H3/t22-,23+,29-/m1/s1. The fraction of sp³-hybridized carbons (Fsp3) is 0.375. The number of hydrogen-bond acceptors (Lipinski definition) is 5. The number of aryl methyl sites for hydroxylation is 1. The molecule has 39 heavy (non-hydrogen) atoms. The number of likely N-dealkylation sites (N-methyl/N-ethyl adjacent to an activating group) is 1. The zero-order valence-corrected chi connectivity index (χ0v) is 23.2. The van der Waals surface area contributed by atoms with Crippen molar-refractivity contribution in [2.75, 3.05) is 26.7 Å². The molecule has 1 N–H and O–H groups in total. The molecule has 0 fully saturated rings. The molecule has 0 spiro atoms. The third-order valence-corrected chi connectivity index (χ3v) is 7.89. The zero-order chi connectivity index (χ0) is 27.5. The van der Waals surface area contributed by atoms with Crippen LogP contribution in [-0.2, 0) is 24.9 Å². The minimum absolute atomic E-state index is 0.0303. The Bertz CT molecular complexity index is 1430. The maximum atomic E-state index is 14.4. The topological polar surface area (TPSA) is 70.8 Å². The van der Waals surface area contributed by atoms with Gasteiger partial charge in [-0.05, 0) is 42.8 Å². The minimum Gasteiger partial charge on any atom is -0.394 e. The van der Waals surface area contributed by atoms with Crippen molar-refractivity contribution in [3.8, 4) is 11.1 Å². The number of ether oxygens (including phenoxy) is 1. The number of pyridine rings is 1. The number of aliphatic hydroxyl groups is 1. The van der Waals surface area contributed by atoms with Crippen molar-refractivity contribution in [1.82, 2.24) is 19.4 Å². The van der Waals surface area contributed by atoms with Crippen LogP contribution in [0.15, 0.2) is 73.1 Å². The Balaban J connectivity index is 1.58. The maximum absolute atomic E-state index is 14.4. The number of carbonyl (C=O) groups is 1. The van der Waals surface area contributed by atoms with Gasteiger partial charge in [0.2, 0.25) is 0 Å². The summed E-state index contributed by atoms with van der Waals surface area (Å²) in [4.78, 5) is 22.7. The van der Waals surface area contributed by atoms with Crippen LogP contribution in [-0.4, -0.2) is 69.3 Å². The van der Waals surface area contributed by atoms with Crippen molar-refractivity contribution in [2.24, 2.45) is 13.0 Å². The molecule has 2 aromatic heterocycles. The highest BCUT2D eigenvalue weighted by atomic mass is 16.5. The Kier molecular flexibility index (Phi) is 8.12. The molecule has 204 valence electrons. The molecule has 0 saturated carbocycles. The highest BCUT2D eigenvalue weighted by Crippen LogP contribution is 2.38. The quantitative estimate of drug-likeness (QED) is 0.393. The Hall–Kier alpha value is -3.52. The molecule has 0 bridgehead atoms. The Morgan fingerprint density at radius 1 is 1.13 bits per heavy atom. The van der Waals surface area contributed by atoms with Gasteiger partial charge in [-0.2, -0.15) is 0 Å². The van der Waals surface area contributed by atoms with E-state index >= 15 is 0 Å². The molecular weight excluding hydrogens is 488 g/mol. The first-order valence-corrected chi connectivity index (χ1v) is 13.7. The second kappa shape index (κ2) is 11.7. The van der Waals surface area contributed by atoms with E-state index in [9.17, 15) is 9.90 Å². The van der Waals surface area contributed by atoms with Gasteiger partial charge in [-0.1, -0.05) is 55.5 Å². The summed E-state index contributed by atoms with van der Waals surface area (Å²) in [5.74, 6) is -0.0426. The van der Waals surface area contributed by atoms with Crippen molar-refractivity contribution in [1.29, 1.82) is 0 Å². The molecule has 0 saturated heterocycles. The van der Waals surface area contributed by atoms with E-state index in [1.165, 1.54) is 0 Å².